The Kier molecular flexibility index (Phi) is 3.88. The van der Waals surface area contributed by atoms with Gasteiger partial charge in [0.25, 0.3) is 5.91 Å². The van der Waals surface area contributed by atoms with E-state index < -0.39 is 0 Å². The lowest BCUT2D eigenvalue weighted by Crippen LogP contribution is -2.33. The molecule has 0 bridgehead atoms. The van der Waals surface area contributed by atoms with Crippen molar-refractivity contribution in [2.24, 2.45) is 5.92 Å². The topological polar surface area (TPSA) is 36.1 Å². The van der Waals surface area contributed by atoms with Gasteiger partial charge >= 0.3 is 0 Å². The van der Waals surface area contributed by atoms with E-state index in [1.54, 1.807) is 0 Å². The van der Waals surface area contributed by atoms with Crippen molar-refractivity contribution in [3.8, 4) is 0 Å². The molecule has 3 heteroatoms. The smallest absolute Gasteiger partial charge is 0.253 e. The summed E-state index contributed by atoms with van der Waals surface area (Å²) in [5.41, 5.74) is 4.89. The third-order valence-corrected chi connectivity index (χ3v) is 5.30. The van der Waals surface area contributed by atoms with Crippen LogP contribution in [0.4, 0.5) is 0 Å². The zero-order chi connectivity index (χ0) is 15.8. The maximum absolute atomic E-state index is 12.9. The summed E-state index contributed by atoms with van der Waals surface area (Å²) in [6.07, 6.45) is 8.44. The number of hydrogen-bond acceptors (Lipinski definition) is 1. The van der Waals surface area contributed by atoms with Crippen LogP contribution < -0.4 is 0 Å². The number of aromatic amines is 1. The van der Waals surface area contributed by atoms with Gasteiger partial charge in [-0.15, -0.1) is 0 Å². The highest BCUT2D eigenvalue weighted by Crippen LogP contribution is 2.32. The van der Waals surface area contributed by atoms with Crippen molar-refractivity contribution in [1.82, 2.24) is 9.88 Å². The monoisotopic (exact) mass is 310 g/mol. The number of aromatic nitrogens is 1. The maximum atomic E-state index is 12.9. The molecule has 0 saturated heterocycles. The summed E-state index contributed by atoms with van der Waals surface area (Å²) < 4.78 is 0. The number of H-pyrrole nitrogens is 1. The summed E-state index contributed by atoms with van der Waals surface area (Å²) >= 11 is 0. The van der Waals surface area contributed by atoms with Gasteiger partial charge in [-0.25, -0.2) is 0 Å². The van der Waals surface area contributed by atoms with Gasteiger partial charge in [-0.05, 0) is 74.6 Å². The number of benzene rings is 1. The van der Waals surface area contributed by atoms with Crippen LogP contribution >= 0.6 is 0 Å². The minimum atomic E-state index is 0.214. The predicted molar refractivity (Wildman–Crippen MR) is 93.9 cm³/mol. The lowest BCUT2D eigenvalue weighted by atomic mass is 9.95. The third-order valence-electron chi connectivity index (χ3n) is 5.30. The van der Waals surface area contributed by atoms with Gasteiger partial charge in [-0.3, -0.25) is 4.79 Å². The number of carbonyl (C=O) groups is 1. The first-order chi connectivity index (χ1) is 11.3. The van der Waals surface area contributed by atoms with Crippen LogP contribution in [0, 0.1) is 5.92 Å². The quantitative estimate of drug-likeness (QED) is 0.877. The van der Waals surface area contributed by atoms with Crippen molar-refractivity contribution in [3.05, 3.63) is 35.0 Å². The van der Waals surface area contributed by atoms with E-state index in [0.29, 0.717) is 0 Å². The number of fused-ring (bicyclic) bond motifs is 3. The van der Waals surface area contributed by atoms with Gasteiger partial charge in [0.15, 0.2) is 0 Å². The molecule has 1 aromatic carbocycles. The highest BCUT2D eigenvalue weighted by molar-refractivity contribution is 5.99. The largest absolute Gasteiger partial charge is 0.358 e. The Hall–Kier alpha value is -1.77. The van der Waals surface area contributed by atoms with Crippen LogP contribution in [0.2, 0.25) is 0 Å². The first-order valence-electron chi connectivity index (χ1n) is 9.19. The summed E-state index contributed by atoms with van der Waals surface area (Å²) in [6, 6.07) is 6.23. The van der Waals surface area contributed by atoms with Crippen LogP contribution in [-0.4, -0.2) is 28.9 Å². The van der Waals surface area contributed by atoms with Crippen molar-refractivity contribution >= 4 is 16.8 Å². The van der Waals surface area contributed by atoms with Crippen LogP contribution in [0.25, 0.3) is 10.9 Å². The predicted octanol–water partition coefficient (Wildman–Crippen LogP) is 4.31. The third kappa shape index (κ3) is 2.89. The van der Waals surface area contributed by atoms with E-state index in [0.717, 1.165) is 43.8 Å². The first-order valence-corrected chi connectivity index (χ1v) is 9.19. The summed E-state index contributed by atoms with van der Waals surface area (Å²) in [5, 5.41) is 1.27. The molecule has 0 aliphatic heterocycles. The van der Waals surface area contributed by atoms with Crippen molar-refractivity contribution in [2.75, 3.05) is 13.1 Å². The van der Waals surface area contributed by atoms with Crippen molar-refractivity contribution in [3.63, 3.8) is 0 Å². The Morgan fingerprint density at radius 3 is 2.87 bits per heavy atom. The van der Waals surface area contributed by atoms with Gasteiger partial charge in [0.1, 0.15) is 0 Å². The molecule has 4 rings (SSSR count). The van der Waals surface area contributed by atoms with E-state index in [2.05, 4.69) is 28.9 Å². The molecule has 0 radical (unpaired) electrons. The second-order valence-electron chi connectivity index (χ2n) is 7.24. The molecular weight excluding hydrogens is 284 g/mol. The molecule has 23 heavy (non-hydrogen) atoms. The number of nitrogens with one attached hydrogen (secondary N) is 1. The second kappa shape index (κ2) is 6.03. The van der Waals surface area contributed by atoms with Crippen molar-refractivity contribution in [2.45, 2.75) is 51.9 Å². The Labute approximate surface area is 138 Å². The molecule has 1 N–H and O–H groups in total. The van der Waals surface area contributed by atoms with Crippen LogP contribution in [0.1, 0.15) is 60.6 Å². The fourth-order valence-electron chi connectivity index (χ4n) is 3.88. The number of nitrogens with zero attached hydrogens (tertiary/aromatic N) is 1. The van der Waals surface area contributed by atoms with E-state index in [-0.39, 0.29) is 5.91 Å². The van der Waals surface area contributed by atoms with E-state index >= 15 is 0 Å². The summed E-state index contributed by atoms with van der Waals surface area (Å²) in [4.78, 5) is 18.6. The average molecular weight is 310 g/mol. The number of amides is 1. The summed E-state index contributed by atoms with van der Waals surface area (Å²) in [5.74, 6) is 0.959. The first kappa shape index (κ1) is 14.8. The molecule has 0 atom stereocenters. The molecule has 3 nitrogen and oxygen atoms in total. The minimum Gasteiger partial charge on any atom is -0.358 e. The Morgan fingerprint density at radius 2 is 2.09 bits per heavy atom. The zero-order valence-corrected chi connectivity index (χ0v) is 14.0. The number of carbonyl (C=O) groups excluding carboxylic acids is 1. The van der Waals surface area contributed by atoms with Crippen LogP contribution in [0.3, 0.4) is 0 Å². The molecule has 2 aromatic rings. The Morgan fingerprint density at radius 1 is 1.26 bits per heavy atom. The Balaban J connectivity index is 1.65. The standard InChI is InChI=1S/C20H26N2O/c1-2-11-22(13-14-7-8-14)20(23)15-9-10-19-17(12-15)16-5-3-4-6-18(16)21-19/h9-10,12,14,21H,2-8,11,13H2,1H3. The van der Waals surface area contributed by atoms with E-state index in [9.17, 15) is 4.79 Å². The van der Waals surface area contributed by atoms with Gasteiger partial charge in [-0.1, -0.05) is 6.92 Å². The lowest BCUT2D eigenvalue weighted by molar-refractivity contribution is 0.0748. The van der Waals surface area contributed by atoms with E-state index in [1.807, 2.05) is 6.07 Å². The van der Waals surface area contributed by atoms with E-state index in [1.165, 1.54) is 47.8 Å². The highest BCUT2D eigenvalue weighted by atomic mass is 16.2. The molecule has 2 aliphatic carbocycles. The normalized spacial score (nSPS) is 17.3. The summed E-state index contributed by atoms with van der Waals surface area (Å²) in [7, 11) is 0. The highest BCUT2D eigenvalue weighted by Gasteiger charge is 2.27. The van der Waals surface area contributed by atoms with E-state index in [4.69, 9.17) is 0 Å². The van der Waals surface area contributed by atoms with Gasteiger partial charge in [0.05, 0.1) is 0 Å². The van der Waals surface area contributed by atoms with Gasteiger partial charge in [0, 0.05) is 35.2 Å². The maximum Gasteiger partial charge on any atom is 0.253 e. The fraction of sp³-hybridized carbons (Fsp3) is 0.550. The van der Waals surface area contributed by atoms with Crippen molar-refractivity contribution < 1.29 is 4.79 Å². The Bertz CT molecular complexity index is 727. The minimum absolute atomic E-state index is 0.214. The molecule has 122 valence electrons. The molecule has 1 aromatic heterocycles. The number of aryl methyl sites for hydroxylation is 2. The SMILES string of the molecule is CCCN(CC1CC1)C(=O)c1ccc2[nH]c3c(c2c1)CCCC3. The summed E-state index contributed by atoms with van der Waals surface area (Å²) in [6.45, 7) is 3.97. The molecular formula is C20H26N2O. The lowest BCUT2D eigenvalue weighted by Gasteiger charge is -2.22. The van der Waals surface area contributed by atoms with Gasteiger partial charge in [-0.2, -0.15) is 0 Å². The average Bonchev–Trinajstić information content (AvgIpc) is 3.32. The zero-order valence-electron chi connectivity index (χ0n) is 14.0. The number of hydrogen-bond donors (Lipinski definition) is 1. The molecule has 1 heterocycles. The van der Waals surface area contributed by atoms with Gasteiger partial charge in [0.2, 0.25) is 0 Å². The van der Waals surface area contributed by atoms with Crippen LogP contribution in [-0.2, 0) is 12.8 Å². The second-order valence-corrected chi connectivity index (χ2v) is 7.24. The molecule has 0 unspecified atom stereocenters. The molecule has 1 amide bonds. The van der Waals surface area contributed by atoms with Crippen LogP contribution in [0.5, 0.6) is 0 Å². The van der Waals surface area contributed by atoms with Gasteiger partial charge < -0.3 is 9.88 Å². The number of rotatable bonds is 5. The fourth-order valence-corrected chi connectivity index (χ4v) is 3.88. The van der Waals surface area contributed by atoms with Crippen molar-refractivity contribution in [1.29, 1.82) is 0 Å². The molecule has 0 spiro atoms. The molecule has 1 fully saturated rings. The molecule has 2 aliphatic rings. The molecule has 1 saturated carbocycles. The van der Waals surface area contributed by atoms with Crippen LogP contribution in [0.15, 0.2) is 18.2 Å².